The van der Waals surface area contributed by atoms with E-state index in [-0.39, 0.29) is 0 Å². The van der Waals surface area contributed by atoms with Crippen molar-refractivity contribution in [3.05, 3.63) is 23.7 Å². The molecule has 0 aromatic carbocycles. The number of oxime groups is 1. The van der Waals surface area contributed by atoms with E-state index in [9.17, 15) is 0 Å². The van der Waals surface area contributed by atoms with Crippen LogP contribution in [0, 0.1) is 6.92 Å². The van der Waals surface area contributed by atoms with E-state index < -0.39 is 0 Å². The van der Waals surface area contributed by atoms with Crippen LogP contribution in [0.2, 0.25) is 0 Å². The summed E-state index contributed by atoms with van der Waals surface area (Å²) in [5, 5.41) is 3.78. The average molecular weight is 182 g/mol. The van der Waals surface area contributed by atoms with Crippen LogP contribution in [0.15, 0.2) is 21.7 Å². The van der Waals surface area contributed by atoms with Crippen molar-refractivity contribution in [1.82, 2.24) is 0 Å². The zero-order chi connectivity index (χ0) is 9.68. The maximum absolute atomic E-state index is 5.32. The second kappa shape index (κ2) is 4.67. The van der Waals surface area contributed by atoms with Gasteiger partial charge in [0.05, 0.1) is 5.71 Å². The molecule has 0 fully saturated rings. The molecular weight excluding hydrogens is 168 g/mol. The summed E-state index contributed by atoms with van der Waals surface area (Å²) in [6, 6.07) is 3.75. The maximum atomic E-state index is 5.32. The van der Waals surface area contributed by atoms with E-state index in [1.54, 1.807) is 0 Å². The molecule has 13 heavy (non-hydrogen) atoms. The van der Waals surface area contributed by atoms with Crippen LogP contribution in [-0.2, 0) is 11.4 Å². The molecule has 0 atom stereocenters. The van der Waals surface area contributed by atoms with Crippen molar-refractivity contribution in [1.29, 1.82) is 0 Å². The fourth-order valence-electron chi connectivity index (χ4n) is 0.806. The van der Waals surface area contributed by atoms with Gasteiger partial charge in [-0.2, -0.15) is 0 Å². The quantitative estimate of drug-likeness (QED) is 0.566. The van der Waals surface area contributed by atoms with Gasteiger partial charge in [0.2, 0.25) is 0 Å². The Bertz CT molecular complexity index is 292. The van der Waals surface area contributed by atoms with Crippen LogP contribution in [0.25, 0.3) is 0 Å². The molecule has 4 nitrogen and oxygen atoms in total. The molecule has 0 radical (unpaired) electrons. The number of furan rings is 1. The molecule has 1 aromatic heterocycles. The topological polar surface area (TPSA) is 60.8 Å². The van der Waals surface area contributed by atoms with E-state index in [2.05, 4.69) is 5.16 Å². The molecule has 0 saturated carbocycles. The standard InChI is InChI=1S/C9H14N2O2/c1-7(5-10)11-12-6-9-4-3-8(2)13-9/h3-4H,5-6,10H2,1-2H3/b11-7+. The second-order valence-electron chi connectivity index (χ2n) is 2.82. The van der Waals surface area contributed by atoms with Crippen LogP contribution in [0.4, 0.5) is 0 Å². The first kappa shape index (κ1) is 9.80. The van der Waals surface area contributed by atoms with Gasteiger partial charge >= 0.3 is 0 Å². The molecule has 72 valence electrons. The lowest BCUT2D eigenvalue weighted by Gasteiger charge is -1.97. The van der Waals surface area contributed by atoms with Crippen molar-refractivity contribution < 1.29 is 9.25 Å². The zero-order valence-electron chi connectivity index (χ0n) is 7.91. The van der Waals surface area contributed by atoms with Gasteiger partial charge in [-0.05, 0) is 26.0 Å². The summed E-state index contributed by atoms with van der Waals surface area (Å²) < 4.78 is 5.27. The summed E-state index contributed by atoms with van der Waals surface area (Å²) >= 11 is 0. The van der Waals surface area contributed by atoms with Crippen molar-refractivity contribution >= 4 is 5.71 Å². The Morgan fingerprint density at radius 1 is 1.62 bits per heavy atom. The first-order chi connectivity index (χ1) is 6.22. The number of rotatable bonds is 4. The molecule has 0 amide bonds. The van der Waals surface area contributed by atoms with Crippen LogP contribution in [0.5, 0.6) is 0 Å². The molecule has 4 heteroatoms. The SMILES string of the molecule is C/C(CN)=N\OCc1ccc(C)o1. The Balaban J connectivity index is 2.35. The van der Waals surface area contributed by atoms with E-state index in [4.69, 9.17) is 15.0 Å². The van der Waals surface area contributed by atoms with Gasteiger partial charge in [0.15, 0.2) is 6.61 Å². The first-order valence-corrected chi connectivity index (χ1v) is 4.13. The summed E-state index contributed by atoms with van der Waals surface area (Å²) in [4.78, 5) is 5.00. The Labute approximate surface area is 77.4 Å². The van der Waals surface area contributed by atoms with Gasteiger partial charge in [0.25, 0.3) is 0 Å². The maximum Gasteiger partial charge on any atom is 0.174 e. The average Bonchev–Trinajstić information content (AvgIpc) is 2.51. The second-order valence-corrected chi connectivity index (χ2v) is 2.82. The van der Waals surface area contributed by atoms with Gasteiger partial charge in [-0.25, -0.2) is 0 Å². The van der Waals surface area contributed by atoms with E-state index in [1.165, 1.54) is 0 Å². The van der Waals surface area contributed by atoms with Gasteiger partial charge < -0.3 is 15.0 Å². The highest BCUT2D eigenvalue weighted by molar-refractivity contribution is 5.83. The lowest BCUT2D eigenvalue weighted by Crippen LogP contribution is -2.09. The number of nitrogens with two attached hydrogens (primary N) is 1. The molecule has 1 aromatic rings. The van der Waals surface area contributed by atoms with E-state index in [0.29, 0.717) is 13.2 Å². The summed E-state index contributed by atoms with van der Waals surface area (Å²) in [5.41, 5.74) is 6.09. The van der Waals surface area contributed by atoms with Gasteiger partial charge in [-0.15, -0.1) is 0 Å². The first-order valence-electron chi connectivity index (χ1n) is 4.13. The monoisotopic (exact) mass is 182 g/mol. The Morgan fingerprint density at radius 3 is 2.92 bits per heavy atom. The normalized spacial score (nSPS) is 11.8. The minimum absolute atomic E-state index is 0.352. The Kier molecular flexibility index (Phi) is 3.52. The van der Waals surface area contributed by atoms with Crippen molar-refractivity contribution in [2.45, 2.75) is 20.5 Å². The van der Waals surface area contributed by atoms with Gasteiger partial charge in [0, 0.05) is 6.54 Å². The molecule has 0 unspecified atom stereocenters. The minimum atomic E-state index is 0.352. The van der Waals surface area contributed by atoms with Crippen molar-refractivity contribution in [3.8, 4) is 0 Å². The summed E-state index contributed by atoms with van der Waals surface area (Å²) in [6.07, 6.45) is 0. The largest absolute Gasteiger partial charge is 0.463 e. The van der Waals surface area contributed by atoms with Crippen LogP contribution in [0.3, 0.4) is 0 Å². The highest BCUT2D eigenvalue weighted by atomic mass is 16.6. The van der Waals surface area contributed by atoms with E-state index in [1.807, 2.05) is 26.0 Å². The molecular formula is C9H14N2O2. The predicted molar refractivity (Wildman–Crippen MR) is 50.4 cm³/mol. The fraction of sp³-hybridized carbons (Fsp3) is 0.444. The van der Waals surface area contributed by atoms with Crippen molar-refractivity contribution in [3.63, 3.8) is 0 Å². The van der Waals surface area contributed by atoms with Crippen LogP contribution in [0.1, 0.15) is 18.4 Å². The lowest BCUT2D eigenvalue weighted by atomic mass is 10.4. The van der Waals surface area contributed by atoms with Gasteiger partial charge in [0.1, 0.15) is 11.5 Å². The highest BCUT2D eigenvalue weighted by Gasteiger charge is 1.97. The molecule has 2 N–H and O–H groups in total. The van der Waals surface area contributed by atoms with E-state index >= 15 is 0 Å². The van der Waals surface area contributed by atoms with Crippen molar-refractivity contribution in [2.75, 3.05) is 6.54 Å². The summed E-state index contributed by atoms with van der Waals surface area (Å²) in [7, 11) is 0. The minimum Gasteiger partial charge on any atom is -0.463 e. The number of hydrogen-bond acceptors (Lipinski definition) is 4. The molecule has 0 aliphatic heterocycles. The number of nitrogens with zero attached hydrogens (tertiary/aromatic N) is 1. The molecule has 1 rings (SSSR count). The molecule has 0 spiro atoms. The third-order valence-corrected chi connectivity index (χ3v) is 1.52. The third-order valence-electron chi connectivity index (χ3n) is 1.52. The summed E-state index contributed by atoms with van der Waals surface area (Å²) in [5.74, 6) is 1.64. The van der Waals surface area contributed by atoms with E-state index in [0.717, 1.165) is 17.2 Å². The van der Waals surface area contributed by atoms with Crippen LogP contribution in [-0.4, -0.2) is 12.3 Å². The van der Waals surface area contributed by atoms with Gasteiger partial charge in [-0.3, -0.25) is 0 Å². The molecule has 0 bridgehead atoms. The molecule has 0 aliphatic carbocycles. The van der Waals surface area contributed by atoms with Crippen LogP contribution < -0.4 is 5.73 Å². The van der Waals surface area contributed by atoms with Gasteiger partial charge in [-0.1, -0.05) is 5.16 Å². The molecule has 1 heterocycles. The predicted octanol–water partition coefficient (Wildman–Crippen LogP) is 1.44. The van der Waals surface area contributed by atoms with Crippen molar-refractivity contribution in [2.24, 2.45) is 10.9 Å². The number of aryl methyl sites for hydroxylation is 1. The number of hydrogen-bond donors (Lipinski definition) is 1. The zero-order valence-corrected chi connectivity index (χ0v) is 7.91. The molecule has 0 saturated heterocycles. The van der Waals surface area contributed by atoms with Crippen LogP contribution >= 0.6 is 0 Å². The summed E-state index contributed by atoms with van der Waals surface area (Å²) in [6.45, 7) is 4.47. The Hall–Kier alpha value is -1.29. The fourth-order valence-corrected chi connectivity index (χ4v) is 0.806. The highest BCUT2D eigenvalue weighted by Crippen LogP contribution is 2.07. The molecule has 0 aliphatic rings. The third kappa shape index (κ3) is 3.29. The smallest absolute Gasteiger partial charge is 0.174 e. The Morgan fingerprint density at radius 2 is 2.38 bits per heavy atom. The lowest BCUT2D eigenvalue weighted by molar-refractivity contribution is 0.113.